The lowest BCUT2D eigenvalue weighted by atomic mass is 9.99. The number of likely N-dealkylation sites (tertiary alicyclic amines) is 1. The molecule has 1 saturated heterocycles. The normalized spacial score (nSPS) is 17.8. The van der Waals surface area contributed by atoms with Crippen LogP contribution in [-0.4, -0.2) is 33.7 Å². The first kappa shape index (κ1) is 17.3. The van der Waals surface area contributed by atoms with Gasteiger partial charge < -0.3 is 4.90 Å². The summed E-state index contributed by atoms with van der Waals surface area (Å²) in [5, 5.41) is 4.86. The lowest BCUT2D eigenvalue weighted by Crippen LogP contribution is -2.36. The van der Waals surface area contributed by atoms with Crippen LogP contribution in [-0.2, 0) is 0 Å². The highest BCUT2D eigenvalue weighted by Crippen LogP contribution is 2.43. The third-order valence-corrected chi connectivity index (χ3v) is 5.39. The highest BCUT2D eigenvalue weighted by molar-refractivity contribution is 5.97. The number of carbonyl (C=O) groups is 1. The van der Waals surface area contributed by atoms with Crippen molar-refractivity contribution in [3.05, 3.63) is 47.0 Å². The molecule has 2 aromatic rings. The van der Waals surface area contributed by atoms with Gasteiger partial charge in [-0.15, -0.1) is 0 Å². The Morgan fingerprint density at radius 2 is 1.77 bits per heavy atom. The summed E-state index contributed by atoms with van der Waals surface area (Å²) >= 11 is 0. The van der Waals surface area contributed by atoms with Crippen LogP contribution >= 0.6 is 0 Å². The lowest BCUT2D eigenvalue weighted by Gasteiger charge is -2.27. The largest absolute Gasteiger partial charge is 0.339 e. The zero-order valence-electron chi connectivity index (χ0n) is 15.5. The molecule has 1 aliphatic carbocycles. The molecule has 1 aliphatic heterocycles. The quantitative estimate of drug-likeness (QED) is 0.801. The van der Waals surface area contributed by atoms with E-state index in [-0.39, 0.29) is 17.6 Å². The molecule has 26 heavy (non-hydrogen) atoms. The zero-order chi connectivity index (χ0) is 18.3. The molecule has 4 rings (SSSR count). The predicted molar refractivity (Wildman–Crippen MR) is 99.3 cm³/mol. The Kier molecular flexibility index (Phi) is 4.55. The topological polar surface area (TPSA) is 38.1 Å². The SMILES string of the molecule is CC(C)c1c(C(=O)N2CCCCC2)c(C2CC2)nn1-c1ccc(F)cc1. The minimum Gasteiger partial charge on any atom is -0.339 e. The van der Waals surface area contributed by atoms with Crippen molar-refractivity contribution in [2.75, 3.05) is 13.1 Å². The van der Waals surface area contributed by atoms with E-state index in [0.717, 1.165) is 61.4 Å². The van der Waals surface area contributed by atoms with E-state index in [4.69, 9.17) is 5.10 Å². The number of halogens is 1. The molecule has 0 unspecified atom stereocenters. The number of aromatic nitrogens is 2. The molecule has 0 N–H and O–H groups in total. The summed E-state index contributed by atoms with van der Waals surface area (Å²) in [7, 11) is 0. The minimum absolute atomic E-state index is 0.128. The van der Waals surface area contributed by atoms with E-state index in [1.807, 2.05) is 9.58 Å². The molecule has 1 saturated carbocycles. The van der Waals surface area contributed by atoms with Crippen LogP contribution in [0.1, 0.15) is 79.5 Å². The fourth-order valence-corrected chi connectivity index (χ4v) is 3.88. The van der Waals surface area contributed by atoms with E-state index in [1.165, 1.54) is 18.6 Å². The molecule has 0 atom stereocenters. The van der Waals surface area contributed by atoms with Crippen LogP contribution in [0.4, 0.5) is 4.39 Å². The van der Waals surface area contributed by atoms with E-state index >= 15 is 0 Å². The van der Waals surface area contributed by atoms with Crippen LogP contribution in [0.3, 0.4) is 0 Å². The molecule has 138 valence electrons. The molecule has 0 spiro atoms. The molecule has 1 amide bonds. The van der Waals surface area contributed by atoms with Gasteiger partial charge in [-0.25, -0.2) is 9.07 Å². The van der Waals surface area contributed by atoms with Gasteiger partial charge >= 0.3 is 0 Å². The smallest absolute Gasteiger partial charge is 0.257 e. The molecular weight excluding hydrogens is 329 g/mol. The Balaban J connectivity index is 1.83. The van der Waals surface area contributed by atoms with E-state index in [2.05, 4.69) is 13.8 Å². The van der Waals surface area contributed by atoms with Crippen LogP contribution in [0, 0.1) is 5.82 Å². The molecule has 2 aliphatic rings. The van der Waals surface area contributed by atoms with Gasteiger partial charge in [0.05, 0.1) is 22.6 Å². The third kappa shape index (κ3) is 3.15. The number of hydrogen-bond acceptors (Lipinski definition) is 2. The number of hydrogen-bond donors (Lipinski definition) is 0. The van der Waals surface area contributed by atoms with Gasteiger partial charge in [0, 0.05) is 19.0 Å². The third-order valence-electron chi connectivity index (χ3n) is 5.39. The lowest BCUT2D eigenvalue weighted by molar-refractivity contribution is 0.0721. The first-order valence-corrected chi connectivity index (χ1v) is 9.74. The molecule has 1 aromatic carbocycles. The number of benzene rings is 1. The summed E-state index contributed by atoms with van der Waals surface area (Å²) in [4.78, 5) is 15.4. The van der Waals surface area contributed by atoms with Crippen LogP contribution in [0.15, 0.2) is 24.3 Å². The second-order valence-electron chi connectivity index (χ2n) is 7.82. The molecule has 1 aromatic heterocycles. The van der Waals surface area contributed by atoms with Crippen molar-refractivity contribution in [3.63, 3.8) is 0 Å². The van der Waals surface area contributed by atoms with E-state index < -0.39 is 0 Å². The number of piperidine rings is 1. The second kappa shape index (κ2) is 6.86. The van der Waals surface area contributed by atoms with Gasteiger partial charge in [-0.3, -0.25) is 4.79 Å². The van der Waals surface area contributed by atoms with Gasteiger partial charge in [-0.2, -0.15) is 5.10 Å². The Hall–Kier alpha value is -2.17. The average Bonchev–Trinajstić information content (AvgIpc) is 3.42. The summed E-state index contributed by atoms with van der Waals surface area (Å²) in [5.74, 6) is 0.407. The van der Waals surface area contributed by atoms with E-state index in [9.17, 15) is 9.18 Å². The molecular formula is C21H26FN3O. The van der Waals surface area contributed by atoms with Crippen molar-refractivity contribution in [3.8, 4) is 5.69 Å². The zero-order valence-corrected chi connectivity index (χ0v) is 15.5. The van der Waals surface area contributed by atoms with Crippen LogP contribution < -0.4 is 0 Å². The highest BCUT2D eigenvalue weighted by atomic mass is 19.1. The van der Waals surface area contributed by atoms with Gasteiger partial charge in [0.2, 0.25) is 0 Å². The van der Waals surface area contributed by atoms with E-state index in [1.54, 1.807) is 12.1 Å². The van der Waals surface area contributed by atoms with Gasteiger partial charge in [0.25, 0.3) is 5.91 Å². The number of carbonyl (C=O) groups excluding carboxylic acids is 1. The molecule has 2 heterocycles. The fourth-order valence-electron chi connectivity index (χ4n) is 3.88. The van der Waals surface area contributed by atoms with Gasteiger partial charge in [0.1, 0.15) is 5.82 Å². The summed E-state index contributed by atoms with van der Waals surface area (Å²) < 4.78 is 15.2. The highest BCUT2D eigenvalue weighted by Gasteiger charge is 2.37. The predicted octanol–water partition coefficient (Wildman–Crippen LogP) is 4.64. The first-order chi connectivity index (χ1) is 12.6. The maximum Gasteiger partial charge on any atom is 0.257 e. The van der Waals surface area contributed by atoms with Gasteiger partial charge in [-0.1, -0.05) is 13.8 Å². The molecule has 5 heteroatoms. The molecule has 0 bridgehead atoms. The molecule has 0 radical (unpaired) electrons. The van der Waals surface area contributed by atoms with Crippen molar-refractivity contribution in [2.45, 2.75) is 57.8 Å². The number of rotatable bonds is 4. The Bertz CT molecular complexity index is 799. The van der Waals surface area contributed by atoms with Crippen molar-refractivity contribution in [2.24, 2.45) is 0 Å². The summed E-state index contributed by atoms with van der Waals surface area (Å²) in [6.45, 7) is 5.87. The average molecular weight is 355 g/mol. The maximum absolute atomic E-state index is 13.4. The number of amides is 1. The van der Waals surface area contributed by atoms with Crippen LogP contribution in [0.5, 0.6) is 0 Å². The summed E-state index contributed by atoms with van der Waals surface area (Å²) in [6.07, 6.45) is 5.54. The minimum atomic E-state index is -0.265. The maximum atomic E-state index is 13.4. The molecule has 4 nitrogen and oxygen atoms in total. The van der Waals surface area contributed by atoms with Gasteiger partial charge in [0.15, 0.2) is 0 Å². The Morgan fingerprint density at radius 1 is 1.12 bits per heavy atom. The van der Waals surface area contributed by atoms with Crippen molar-refractivity contribution < 1.29 is 9.18 Å². The Morgan fingerprint density at radius 3 is 2.35 bits per heavy atom. The first-order valence-electron chi connectivity index (χ1n) is 9.74. The number of nitrogens with zero attached hydrogens (tertiary/aromatic N) is 3. The van der Waals surface area contributed by atoms with Crippen molar-refractivity contribution in [1.29, 1.82) is 0 Å². The monoisotopic (exact) mass is 355 g/mol. The van der Waals surface area contributed by atoms with Crippen molar-refractivity contribution >= 4 is 5.91 Å². The summed E-state index contributed by atoms with van der Waals surface area (Å²) in [5.41, 5.74) is 3.51. The van der Waals surface area contributed by atoms with Crippen LogP contribution in [0.2, 0.25) is 0 Å². The Labute approximate surface area is 154 Å². The standard InChI is InChI=1S/C21H26FN3O/c1-14(2)20-18(21(26)24-12-4-3-5-13-24)19(15-6-7-15)23-25(20)17-10-8-16(22)9-11-17/h8-11,14-15H,3-7,12-13H2,1-2H3. The van der Waals surface area contributed by atoms with Crippen LogP contribution in [0.25, 0.3) is 5.69 Å². The van der Waals surface area contributed by atoms with E-state index in [0.29, 0.717) is 5.92 Å². The molecule has 2 fully saturated rings. The van der Waals surface area contributed by atoms with Gasteiger partial charge in [-0.05, 0) is 62.3 Å². The second-order valence-corrected chi connectivity index (χ2v) is 7.82. The fraction of sp³-hybridized carbons (Fsp3) is 0.524. The summed E-state index contributed by atoms with van der Waals surface area (Å²) in [6, 6.07) is 6.37. The van der Waals surface area contributed by atoms with Crippen molar-refractivity contribution in [1.82, 2.24) is 14.7 Å².